The van der Waals surface area contributed by atoms with Gasteiger partial charge in [-0.15, -0.1) is 0 Å². The topological polar surface area (TPSA) is 72.4 Å². The van der Waals surface area contributed by atoms with Crippen molar-refractivity contribution in [2.45, 2.75) is 13.8 Å². The molecule has 0 fully saturated rings. The molecule has 6 nitrogen and oxygen atoms in total. The summed E-state index contributed by atoms with van der Waals surface area (Å²) in [4.78, 5) is 34.5. The SMILES string of the molecule is CCN(C(=O)COC(=O)c1ccc(C)nc1)c1nc2ccccc2s1. The number of esters is 1. The van der Waals surface area contributed by atoms with Crippen molar-refractivity contribution in [2.75, 3.05) is 18.1 Å². The van der Waals surface area contributed by atoms with Crippen molar-refractivity contribution < 1.29 is 14.3 Å². The van der Waals surface area contributed by atoms with Gasteiger partial charge in [-0.25, -0.2) is 9.78 Å². The van der Waals surface area contributed by atoms with E-state index in [2.05, 4.69) is 9.97 Å². The molecule has 0 aliphatic rings. The largest absolute Gasteiger partial charge is 0.452 e. The number of rotatable bonds is 5. The smallest absolute Gasteiger partial charge is 0.340 e. The molecule has 3 aromatic rings. The molecule has 0 aliphatic heterocycles. The maximum Gasteiger partial charge on any atom is 0.340 e. The van der Waals surface area contributed by atoms with Crippen molar-refractivity contribution in [1.82, 2.24) is 9.97 Å². The van der Waals surface area contributed by atoms with Crippen LogP contribution in [0.3, 0.4) is 0 Å². The van der Waals surface area contributed by atoms with Gasteiger partial charge in [0.1, 0.15) is 0 Å². The number of hydrogen-bond donors (Lipinski definition) is 0. The Kier molecular flexibility index (Phi) is 5.04. The second-order valence-corrected chi connectivity index (χ2v) is 6.38. The fourth-order valence-corrected chi connectivity index (χ4v) is 3.32. The molecule has 0 bridgehead atoms. The van der Waals surface area contributed by atoms with E-state index in [-0.39, 0.29) is 12.5 Å². The van der Waals surface area contributed by atoms with Crippen LogP contribution < -0.4 is 4.90 Å². The average molecular weight is 355 g/mol. The molecule has 0 unspecified atom stereocenters. The number of aryl methyl sites for hydroxylation is 1. The predicted octanol–water partition coefficient (Wildman–Crippen LogP) is 3.21. The number of benzene rings is 1. The zero-order valence-corrected chi connectivity index (χ0v) is 14.7. The van der Waals surface area contributed by atoms with Crippen LogP contribution in [0.2, 0.25) is 0 Å². The van der Waals surface area contributed by atoms with Crippen molar-refractivity contribution in [1.29, 1.82) is 0 Å². The quantitative estimate of drug-likeness (QED) is 0.657. The lowest BCUT2D eigenvalue weighted by Crippen LogP contribution is -2.34. The number of thiazole rings is 1. The molecule has 1 amide bonds. The number of anilines is 1. The molecule has 0 saturated heterocycles. The van der Waals surface area contributed by atoms with Crippen molar-refractivity contribution in [3.63, 3.8) is 0 Å². The molecular formula is C18H17N3O3S. The summed E-state index contributed by atoms with van der Waals surface area (Å²) in [5, 5.41) is 0.599. The van der Waals surface area contributed by atoms with Crippen LogP contribution in [0.4, 0.5) is 5.13 Å². The number of nitrogens with zero attached hydrogens (tertiary/aromatic N) is 3. The van der Waals surface area contributed by atoms with Gasteiger partial charge < -0.3 is 4.74 Å². The summed E-state index contributed by atoms with van der Waals surface area (Å²) in [6.45, 7) is 3.80. The van der Waals surface area contributed by atoms with Gasteiger partial charge in [0.25, 0.3) is 5.91 Å². The summed E-state index contributed by atoms with van der Waals surface area (Å²) in [5.41, 5.74) is 1.97. The first-order valence-electron chi connectivity index (χ1n) is 7.84. The Bertz CT molecular complexity index is 872. The zero-order chi connectivity index (χ0) is 17.8. The van der Waals surface area contributed by atoms with Crippen molar-refractivity contribution >= 4 is 38.6 Å². The lowest BCUT2D eigenvalue weighted by Gasteiger charge is -2.17. The third-order valence-corrected chi connectivity index (χ3v) is 4.66. The number of carbonyl (C=O) groups is 2. The van der Waals surface area contributed by atoms with Crippen molar-refractivity contribution in [3.8, 4) is 0 Å². The molecule has 1 aromatic carbocycles. The minimum absolute atomic E-state index is 0.310. The van der Waals surface area contributed by atoms with Crippen LogP contribution in [-0.4, -0.2) is 35.0 Å². The van der Waals surface area contributed by atoms with E-state index < -0.39 is 5.97 Å². The fraction of sp³-hybridized carbons (Fsp3) is 0.222. The third kappa shape index (κ3) is 3.83. The van der Waals surface area contributed by atoms with Gasteiger partial charge in [0, 0.05) is 18.4 Å². The number of likely N-dealkylation sites (N-methyl/N-ethyl adjacent to an activating group) is 1. The lowest BCUT2D eigenvalue weighted by molar-refractivity contribution is -0.121. The fourth-order valence-electron chi connectivity index (χ4n) is 2.27. The number of fused-ring (bicyclic) bond motifs is 1. The molecule has 7 heteroatoms. The second kappa shape index (κ2) is 7.40. The highest BCUT2D eigenvalue weighted by molar-refractivity contribution is 7.22. The number of amides is 1. The van der Waals surface area contributed by atoms with Gasteiger partial charge in [0.05, 0.1) is 15.8 Å². The van der Waals surface area contributed by atoms with Crippen LogP contribution in [-0.2, 0) is 9.53 Å². The summed E-state index contributed by atoms with van der Waals surface area (Å²) in [6, 6.07) is 11.0. The van der Waals surface area contributed by atoms with Gasteiger partial charge >= 0.3 is 5.97 Å². The van der Waals surface area contributed by atoms with Crippen LogP contribution in [0.15, 0.2) is 42.6 Å². The molecule has 3 rings (SSSR count). The molecule has 128 valence electrons. The zero-order valence-electron chi connectivity index (χ0n) is 13.9. The first kappa shape index (κ1) is 17.0. The summed E-state index contributed by atoms with van der Waals surface area (Å²) >= 11 is 1.43. The van der Waals surface area contributed by atoms with Crippen molar-refractivity contribution in [2.24, 2.45) is 0 Å². The van der Waals surface area contributed by atoms with Crippen LogP contribution in [0, 0.1) is 6.92 Å². The normalized spacial score (nSPS) is 10.6. The molecule has 2 aromatic heterocycles. The van der Waals surface area contributed by atoms with Crippen LogP contribution in [0.5, 0.6) is 0 Å². The Hall–Kier alpha value is -2.80. The maximum atomic E-state index is 12.4. The first-order valence-corrected chi connectivity index (χ1v) is 8.66. The third-order valence-electron chi connectivity index (χ3n) is 3.60. The minimum Gasteiger partial charge on any atom is -0.452 e. The van der Waals surface area contributed by atoms with Gasteiger partial charge in [-0.3, -0.25) is 14.7 Å². The number of hydrogen-bond acceptors (Lipinski definition) is 6. The Morgan fingerprint density at radius 3 is 2.68 bits per heavy atom. The molecule has 25 heavy (non-hydrogen) atoms. The van der Waals surface area contributed by atoms with Crippen LogP contribution in [0.1, 0.15) is 23.0 Å². The van der Waals surface area contributed by atoms with E-state index in [1.54, 1.807) is 12.1 Å². The second-order valence-electron chi connectivity index (χ2n) is 5.37. The Morgan fingerprint density at radius 1 is 1.20 bits per heavy atom. The molecule has 0 aliphatic carbocycles. The van der Waals surface area contributed by atoms with Crippen LogP contribution >= 0.6 is 11.3 Å². The first-order chi connectivity index (χ1) is 12.1. The lowest BCUT2D eigenvalue weighted by atomic mass is 10.2. The number of carbonyl (C=O) groups excluding carboxylic acids is 2. The van der Waals surface area contributed by atoms with Gasteiger partial charge in [-0.1, -0.05) is 23.5 Å². The molecule has 0 radical (unpaired) electrons. The molecule has 0 saturated carbocycles. The van der Waals surface area contributed by atoms with Gasteiger partial charge in [-0.2, -0.15) is 0 Å². The number of ether oxygens (including phenoxy) is 1. The molecule has 0 spiro atoms. The predicted molar refractivity (Wildman–Crippen MR) is 96.9 cm³/mol. The average Bonchev–Trinajstić information content (AvgIpc) is 3.04. The van der Waals surface area contributed by atoms with E-state index >= 15 is 0 Å². The van der Waals surface area contributed by atoms with E-state index in [9.17, 15) is 9.59 Å². The highest BCUT2D eigenvalue weighted by Gasteiger charge is 2.20. The minimum atomic E-state index is -0.568. The van der Waals surface area contributed by atoms with Gasteiger partial charge in [0.2, 0.25) is 0 Å². The van der Waals surface area contributed by atoms with E-state index in [1.807, 2.05) is 38.1 Å². The Labute approximate surface area is 149 Å². The number of para-hydroxylation sites is 1. The van der Waals surface area contributed by atoms with E-state index in [0.29, 0.717) is 17.2 Å². The van der Waals surface area contributed by atoms with E-state index in [4.69, 9.17) is 4.74 Å². The highest BCUT2D eigenvalue weighted by atomic mass is 32.1. The highest BCUT2D eigenvalue weighted by Crippen LogP contribution is 2.28. The maximum absolute atomic E-state index is 12.4. The van der Waals surface area contributed by atoms with E-state index in [1.165, 1.54) is 22.4 Å². The summed E-state index contributed by atoms with van der Waals surface area (Å²) in [7, 11) is 0. The summed E-state index contributed by atoms with van der Waals surface area (Å²) < 4.78 is 6.12. The number of pyridine rings is 1. The standard InChI is InChI=1S/C18H17N3O3S/c1-3-21(18-20-14-6-4-5-7-15(14)25-18)16(22)11-24-17(23)13-9-8-12(2)19-10-13/h4-10H,3,11H2,1-2H3. The number of aromatic nitrogens is 2. The molecular weight excluding hydrogens is 338 g/mol. The molecule has 2 heterocycles. The summed E-state index contributed by atoms with van der Waals surface area (Å²) in [5.74, 6) is -0.879. The molecule has 0 atom stereocenters. The van der Waals surface area contributed by atoms with Gasteiger partial charge in [-0.05, 0) is 38.1 Å². The van der Waals surface area contributed by atoms with Crippen molar-refractivity contribution in [3.05, 3.63) is 53.9 Å². The molecule has 0 N–H and O–H groups in total. The Balaban J connectivity index is 1.68. The van der Waals surface area contributed by atoms with Gasteiger partial charge in [0.15, 0.2) is 11.7 Å². The van der Waals surface area contributed by atoms with E-state index in [0.717, 1.165) is 15.9 Å². The van der Waals surface area contributed by atoms with Crippen LogP contribution in [0.25, 0.3) is 10.2 Å². The summed E-state index contributed by atoms with van der Waals surface area (Å²) in [6.07, 6.45) is 1.44. The Morgan fingerprint density at radius 2 is 2.00 bits per heavy atom. The monoisotopic (exact) mass is 355 g/mol.